The van der Waals surface area contributed by atoms with E-state index in [4.69, 9.17) is 9.47 Å². The first kappa shape index (κ1) is 19.0. The number of methoxy groups -OCH3 is 2. The first-order valence-corrected chi connectivity index (χ1v) is 10.3. The summed E-state index contributed by atoms with van der Waals surface area (Å²) in [6.07, 6.45) is 0. The predicted molar refractivity (Wildman–Crippen MR) is 111 cm³/mol. The summed E-state index contributed by atoms with van der Waals surface area (Å²) in [5, 5.41) is 1.29. The molecule has 0 fully saturated rings. The maximum atomic E-state index is 13.6. The van der Waals surface area contributed by atoms with Gasteiger partial charge in [-0.25, -0.2) is 17.2 Å². The monoisotopic (exact) mass is 409 g/mol. The normalized spacial score (nSPS) is 11.7. The summed E-state index contributed by atoms with van der Waals surface area (Å²) in [5.41, 5.74) is 2.13. The molecule has 0 radical (unpaired) electrons. The van der Waals surface area contributed by atoms with Crippen LogP contribution in [0.3, 0.4) is 0 Å². The molecule has 0 saturated carbocycles. The molecule has 4 aromatic rings. The summed E-state index contributed by atoms with van der Waals surface area (Å²) in [5.74, 6) is -0.252. The van der Waals surface area contributed by atoms with E-state index in [2.05, 4.69) is 0 Å². The number of rotatable bonds is 4. The first-order chi connectivity index (χ1) is 13.9. The molecule has 1 aromatic heterocycles. The second kappa shape index (κ2) is 6.93. The summed E-state index contributed by atoms with van der Waals surface area (Å²) >= 11 is 0. The Bertz CT molecular complexity index is 1350. The second-order valence-corrected chi connectivity index (χ2v) is 8.45. The molecule has 0 atom stereocenters. The molecule has 0 saturated heterocycles. The molecule has 0 spiro atoms. The van der Waals surface area contributed by atoms with Crippen LogP contribution in [0.4, 0.5) is 0 Å². The van der Waals surface area contributed by atoms with Crippen molar-refractivity contribution in [3.63, 3.8) is 0 Å². The van der Waals surface area contributed by atoms with Gasteiger partial charge in [0.25, 0.3) is 10.0 Å². The van der Waals surface area contributed by atoms with E-state index < -0.39 is 16.0 Å². The number of esters is 1. The lowest BCUT2D eigenvalue weighted by Crippen LogP contribution is -2.13. The molecule has 0 N–H and O–H groups in total. The summed E-state index contributed by atoms with van der Waals surface area (Å²) < 4.78 is 38.8. The minimum atomic E-state index is -3.92. The highest BCUT2D eigenvalue weighted by molar-refractivity contribution is 7.90. The fourth-order valence-corrected chi connectivity index (χ4v) is 5.02. The summed E-state index contributed by atoms with van der Waals surface area (Å²) in [6.45, 7) is 1.90. The number of fused-ring (bicyclic) bond motifs is 3. The van der Waals surface area contributed by atoms with Crippen molar-refractivity contribution in [3.8, 4) is 5.75 Å². The molecule has 29 heavy (non-hydrogen) atoms. The third-order valence-corrected chi connectivity index (χ3v) is 6.62. The molecule has 0 aliphatic carbocycles. The molecular weight excluding hydrogens is 390 g/mol. The van der Waals surface area contributed by atoms with Gasteiger partial charge in [-0.05, 0) is 37.3 Å². The van der Waals surface area contributed by atoms with Crippen molar-refractivity contribution in [1.29, 1.82) is 0 Å². The molecule has 1 heterocycles. The van der Waals surface area contributed by atoms with Crippen molar-refractivity contribution >= 4 is 37.8 Å². The molecular formula is C22H19NO5S. The van der Waals surface area contributed by atoms with Crippen molar-refractivity contribution < 1.29 is 22.7 Å². The van der Waals surface area contributed by atoms with Crippen molar-refractivity contribution in [1.82, 2.24) is 3.97 Å². The lowest BCUT2D eigenvalue weighted by atomic mass is 10.1. The molecule has 4 rings (SSSR count). The fourth-order valence-electron chi connectivity index (χ4n) is 3.48. The third-order valence-electron chi connectivity index (χ3n) is 4.89. The zero-order valence-electron chi connectivity index (χ0n) is 16.2. The number of aromatic nitrogens is 1. The van der Waals surface area contributed by atoms with Gasteiger partial charge in [0.1, 0.15) is 11.3 Å². The van der Waals surface area contributed by atoms with Crippen LogP contribution < -0.4 is 4.74 Å². The standard InChI is InChI=1S/C22H19NO5S/c1-14-8-10-16(11-9-14)29(25,26)23-19-7-5-4-6-17(19)18-12-15(22(24)28-3)13-20(27-2)21(18)23/h4-13H,1-3H3. The molecule has 148 valence electrons. The highest BCUT2D eigenvalue weighted by Crippen LogP contribution is 2.38. The highest BCUT2D eigenvalue weighted by atomic mass is 32.2. The quantitative estimate of drug-likeness (QED) is 0.474. The molecule has 6 nitrogen and oxygen atoms in total. The summed E-state index contributed by atoms with van der Waals surface area (Å²) in [6, 6.07) is 17.0. The molecule has 0 bridgehead atoms. The highest BCUT2D eigenvalue weighted by Gasteiger charge is 2.26. The van der Waals surface area contributed by atoms with Crippen molar-refractivity contribution in [2.75, 3.05) is 14.2 Å². The van der Waals surface area contributed by atoms with E-state index in [-0.39, 0.29) is 16.2 Å². The Kier molecular flexibility index (Phi) is 4.55. The number of hydrogen-bond donors (Lipinski definition) is 0. The van der Waals surface area contributed by atoms with E-state index in [0.717, 1.165) is 5.56 Å². The Morgan fingerprint density at radius 1 is 0.931 bits per heavy atom. The van der Waals surface area contributed by atoms with Crippen LogP contribution >= 0.6 is 0 Å². The van der Waals surface area contributed by atoms with Crippen LogP contribution in [0.25, 0.3) is 21.8 Å². The van der Waals surface area contributed by atoms with Crippen LogP contribution in [-0.2, 0) is 14.8 Å². The van der Waals surface area contributed by atoms with E-state index >= 15 is 0 Å². The maximum absolute atomic E-state index is 13.6. The van der Waals surface area contributed by atoms with Gasteiger partial charge in [-0.3, -0.25) is 0 Å². The predicted octanol–water partition coefficient (Wildman–Crippen LogP) is 4.14. The van der Waals surface area contributed by atoms with Crippen molar-refractivity contribution in [2.24, 2.45) is 0 Å². The van der Waals surface area contributed by atoms with Gasteiger partial charge in [-0.15, -0.1) is 0 Å². The minimum Gasteiger partial charge on any atom is -0.494 e. The number of aryl methyl sites for hydroxylation is 1. The van der Waals surface area contributed by atoms with Crippen LogP contribution in [0.15, 0.2) is 65.6 Å². The Balaban J connectivity index is 2.16. The van der Waals surface area contributed by atoms with Gasteiger partial charge in [-0.1, -0.05) is 35.9 Å². The van der Waals surface area contributed by atoms with E-state index in [0.29, 0.717) is 21.8 Å². The minimum absolute atomic E-state index is 0.171. The Morgan fingerprint density at radius 2 is 1.62 bits per heavy atom. The van der Waals surface area contributed by atoms with Gasteiger partial charge in [0.05, 0.1) is 30.2 Å². The number of carbonyl (C=O) groups excluding carboxylic acids is 1. The number of hydrogen-bond acceptors (Lipinski definition) is 5. The first-order valence-electron chi connectivity index (χ1n) is 8.90. The average Bonchev–Trinajstić information content (AvgIpc) is 3.08. The van der Waals surface area contributed by atoms with Gasteiger partial charge in [0.15, 0.2) is 0 Å². The average molecular weight is 409 g/mol. The van der Waals surface area contributed by atoms with Crippen LogP contribution in [0.1, 0.15) is 15.9 Å². The van der Waals surface area contributed by atoms with E-state index in [9.17, 15) is 13.2 Å². The zero-order chi connectivity index (χ0) is 20.8. The zero-order valence-corrected chi connectivity index (χ0v) is 17.0. The number of para-hydroxylation sites is 1. The van der Waals surface area contributed by atoms with Gasteiger partial charge in [-0.2, -0.15) is 0 Å². The smallest absolute Gasteiger partial charge is 0.338 e. The Labute approximate surface area is 168 Å². The van der Waals surface area contributed by atoms with Crippen molar-refractivity contribution in [3.05, 3.63) is 71.8 Å². The van der Waals surface area contributed by atoms with Crippen LogP contribution in [0.5, 0.6) is 5.75 Å². The summed E-state index contributed by atoms with van der Waals surface area (Å²) in [4.78, 5) is 12.3. The fraction of sp³-hybridized carbons (Fsp3) is 0.136. The molecule has 0 amide bonds. The maximum Gasteiger partial charge on any atom is 0.338 e. The third kappa shape index (κ3) is 2.94. The van der Waals surface area contributed by atoms with Crippen LogP contribution in [-0.4, -0.2) is 32.6 Å². The topological polar surface area (TPSA) is 74.6 Å². The van der Waals surface area contributed by atoms with E-state index in [1.807, 2.05) is 19.1 Å². The van der Waals surface area contributed by atoms with E-state index in [1.54, 1.807) is 42.5 Å². The number of benzene rings is 3. The second-order valence-electron chi connectivity index (χ2n) is 6.67. The molecule has 0 aliphatic heterocycles. The largest absolute Gasteiger partial charge is 0.494 e. The van der Waals surface area contributed by atoms with E-state index in [1.165, 1.54) is 24.3 Å². The molecule has 0 unspecified atom stereocenters. The number of ether oxygens (including phenoxy) is 2. The van der Waals surface area contributed by atoms with Crippen molar-refractivity contribution in [2.45, 2.75) is 11.8 Å². The van der Waals surface area contributed by atoms with Gasteiger partial charge in [0.2, 0.25) is 0 Å². The molecule has 0 aliphatic rings. The van der Waals surface area contributed by atoms with Gasteiger partial charge in [0, 0.05) is 10.8 Å². The Morgan fingerprint density at radius 3 is 2.28 bits per heavy atom. The lowest BCUT2D eigenvalue weighted by Gasteiger charge is -2.12. The van der Waals surface area contributed by atoms with Gasteiger partial charge < -0.3 is 9.47 Å². The van der Waals surface area contributed by atoms with Crippen LogP contribution in [0, 0.1) is 6.92 Å². The Hall–Kier alpha value is -3.32. The van der Waals surface area contributed by atoms with Crippen LogP contribution in [0.2, 0.25) is 0 Å². The molecule has 7 heteroatoms. The van der Waals surface area contributed by atoms with Gasteiger partial charge >= 0.3 is 5.97 Å². The summed E-state index contributed by atoms with van der Waals surface area (Å²) in [7, 11) is -1.18. The molecule has 3 aromatic carbocycles. The lowest BCUT2D eigenvalue weighted by molar-refractivity contribution is 0.0600. The SMILES string of the molecule is COC(=O)c1cc(OC)c2c(c1)c1ccccc1n2S(=O)(=O)c1ccc(C)cc1. The number of carbonyl (C=O) groups is 1. The number of nitrogens with zero attached hydrogens (tertiary/aromatic N) is 1.